The second-order valence-corrected chi connectivity index (χ2v) is 4.47. The number of carbonyl (C=O) groups is 1. The van der Waals surface area contributed by atoms with Gasteiger partial charge < -0.3 is 20.1 Å². The number of nitrogens with one attached hydrogen (secondary N) is 2. The number of amides is 1. The van der Waals surface area contributed by atoms with E-state index in [9.17, 15) is 4.79 Å². The van der Waals surface area contributed by atoms with E-state index in [2.05, 4.69) is 10.6 Å². The summed E-state index contributed by atoms with van der Waals surface area (Å²) < 4.78 is 10.5. The molecule has 106 valence electrons. The van der Waals surface area contributed by atoms with Gasteiger partial charge in [0, 0.05) is 31.8 Å². The van der Waals surface area contributed by atoms with Gasteiger partial charge >= 0.3 is 0 Å². The summed E-state index contributed by atoms with van der Waals surface area (Å²) in [6.45, 7) is 5.51. The Morgan fingerprint density at radius 2 is 1.95 bits per heavy atom. The van der Waals surface area contributed by atoms with Gasteiger partial charge in [-0.15, -0.1) is 0 Å². The van der Waals surface area contributed by atoms with Crippen LogP contribution in [0.15, 0.2) is 18.2 Å². The van der Waals surface area contributed by atoms with E-state index in [1.165, 1.54) is 6.92 Å². The first kappa shape index (κ1) is 15.3. The minimum absolute atomic E-state index is 0.0982. The Bertz CT molecular complexity index is 435. The van der Waals surface area contributed by atoms with Crippen LogP contribution in [-0.4, -0.2) is 32.3 Å². The maximum absolute atomic E-state index is 11.1. The summed E-state index contributed by atoms with van der Waals surface area (Å²) in [4.78, 5) is 11.1. The van der Waals surface area contributed by atoms with Crippen LogP contribution in [0.3, 0.4) is 0 Å². The Hall–Kier alpha value is -1.75. The predicted octanol–water partition coefficient (Wildman–Crippen LogP) is 2.49. The number of methoxy groups -OCH3 is 2. The first-order valence-electron chi connectivity index (χ1n) is 6.23. The zero-order chi connectivity index (χ0) is 14.4. The molecule has 19 heavy (non-hydrogen) atoms. The molecule has 0 heterocycles. The molecule has 0 spiro atoms. The van der Waals surface area contributed by atoms with Gasteiger partial charge in [0.1, 0.15) is 5.75 Å². The van der Waals surface area contributed by atoms with Crippen molar-refractivity contribution in [1.29, 1.82) is 0 Å². The average Bonchev–Trinajstić information content (AvgIpc) is 2.38. The fourth-order valence-corrected chi connectivity index (χ4v) is 1.66. The fourth-order valence-electron chi connectivity index (χ4n) is 1.66. The summed E-state index contributed by atoms with van der Waals surface area (Å²) in [6, 6.07) is 5.73. The van der Waals surface area contributed by atoms with Crippen molar-refractivity contribution in [2.75, 3.05) is 24.9 Å². The SMILES string of the molecule is COc1cc(NC(C)C(C)OC)ccc1NC(C)=O. The summed E-state index contributed by atoms with van der Waals surface area (Å²) in [5, 5.41) is 6.05. The van der Waals surface area contributed by atoms with Gasteiger partial charge in [0.2, 0.25) is 5.91 Å². The number of hydrogen-bond donors (Lipinski definition) is 2. The molecule has 0 saturated heterocycles. The van der Waals surface area contributed by atoms with Crippen molar-refractivity contribution in [1.82, 2.24) is 0 Å². The molecule has 0 saturated carbocycles. The molecular weight excluding hydrogens is 244 g/mol. The number of ether oxygens (including phenoxy) is 2. The van der Waals surface area contributed by atoms with Crippen LogP contribution in [0.1, 0.15) is 20.8 Å². The van der Waals surface area contributed by atoms with Crippen LogP contribution in [0, 0.1) is 0 Å². The van der Waals surface area contributed by atoms with E-state index in [1.54, 1.807) is 14.2 Å². The van der Waals surface area contributed by atoms with E-state index >= 15 is 0 Å². The number of carbonyl (C=O) groups excluding carboxylic acids is 1. The molecule has 2 N–H and O–H groups in total. The average molecular weight is 266 g/mol. The van der Waals surface area contributed by atoms with E-state index in [0.29, 0.717) is 11.4 Å². The van der Waals surface area contributed by atoms with Crippen LogP contribution in [0.25, 0.3) is 0 Å². The lowest BCUT2D eigenvalue weighted by Crippen LogP contribution is -2.29. The molecule has 0 aliphatic carbocycles. The molecule has 5 nitrogen and oxygen atoms in total. The minimum atomic E-state index is -0.125. The fraction of sp³-hybridized carbons (Fsp3) is 0.500. The quantitative estimate of drug-likeness (QED) is 0.830. The molecule has 0 bridgehead atoms. The molecule has 0 aliphatic rings. The lowest BCUT2D eigenvalue weighted by molar-refractivity contribution is -0.114. The molecule has 5 heteroatoms. The Morgan fingerprint density at radius 3 is 2.47 bits per heavy atom. The molecule has 2 atom stereocenters. The van der Waals surface area contributed by atoms with Gasteiger partial charge in [0.15, 0.2) is 0 Å². The Kier molecular flexibility index (Phi) is 5.63. The second kappa shape index (κ2) is 6.99. The maximum atomic E-state index is 11.1. The van der Waals surface area contributed by atoms with Gasteiger partial charge in [-0.25, -0.2) is 0 Å². The van der Waals surface area contributed by atoms with Gasteiger partial charge in [-0.05, 0) is 26.0 Å². The highest BCUT2D eigenvalue weighted by molar-refractivity contribution is 5.90. The van der Waals surface area contributed by atoms with Gasteiger partial charge in [-0.3, -0.25) is 4.79 Å². The van der Waals surface area contributed by atoms with Crippen molar-refractivity contribution in [2.45, 2.75) is 32.9 Å². The summed E-state index contributed by atoms with van der Waals surface area (Å²) in [5.74, 6) is 0.498. The third-order valence-corrected chi connectivity index (χ3v) is 2.98. The Morgan fingerprint density at radius 1 is 1.26 bits per heavy atom. The highest BCUT2D eigenvalue weighted by Gasteiger charge is 2.12. The van der Waals surface area contributed by atoms with E-state index in [4.69, 9.17) is 9.47 Å². The first-order chi connectivity index (χ1) is 8.97. The second-order valence-electron chi connectivity index (χ2n) is 4.47. The molecule has 1 rings (SSSR count). The molecule has 1 aromatic rings. The topological polar surface area (TPSA) is 59.6 Å². The Balaban J connectivity index is 2.84. The number of rotatable bonds is 6. The molecule has 0 aromatic heterocycles. The zero-order valence-electron chi connectivity index (χ0n) is 12.1. The van der Waals surface area contributed by atoms with Crippen molar-refractivity contribution >= 4 is 17.3 Å². The normalized spacial score (nSPS) is 13.5. The molecule has 2 unspecified atom stereocenters. The predicted molar refractivity (Wildman–Crippen MR) is 76.9 cm³/mol. The number of benzene rings is 1. The standard InChI is InChI=1S/C14H22N2O3/c1-9(10(2)18-4)15-12-6-7-13(16-11(3)17)14(8-12)19-5/h6-10,15H,1-5H3,(H,16,17). The van der Waals surface area contributed by atoms with Gasteiger partial charge in [-0.2, -0.15) is 0 Å². The minimum Gasteiger partial charge on any atom is -0.494 e. The Labute approximate surface area is 114 Å². The van der Waals surface area contributed by atoms with Crippen LogP contribution >= 0.6 is 0 Å². The smallest absolute Gasteiger partial charge is 0.221 e. The molecular formula is C14H22N2O3. The van der Waals surface area contributed by atoms with E-state index in [-0.39, 0.29) is 18.1 Å². The van der Waals surface area contributed by atoms with Crippen molar-refractivity contribution in [3.8, 4) is 5.75 Å². The lowest BCUT2D eigenvalue weighted by Gasteiger charge is -2.21. The summed E-state index contributed by atoms with van der Waals surface area (Å²) in [7, 11) is 3.26. The summed E-state index contributed by atoms with van der Waals surface area (Å²) in [5.41, 5.74) is 1.58. The van der Waals surface area contributed by atoms with Crippen LogP contribution in [-0.2, 0) is 9.53 Å². The van der Waals surface area contributed by atoms with Crippen LogP contribution in [0.4, 0.5) is 11.4 Å². The maximum Gasteiger partial charge on any atom is 0.221 e. The molecule has 0 aliphatic heterocycles. The summed E-state index contributed by atoms with van der Waals surface area (Å²) >= 11 is 0. The van der Waals surface area contributed by atoms with Crippen molar-refractivity contribution in [2.24, 2.45) is 0 Å². The number of anilines is 2. The van der Waals surface area contributed by atoms with Gasteiger partial charge in [0.05, 0.1) is 18.9 Å². The lowest BCUT2D eigenvalue weighted by atomic mass is 10.2. The molecule has 0 radical (unpaired) electrons. The van der Waals surface area contributed by atoms with Crippen LogP contribution in [0.5, 0.6) is 5.75 Å². The van der Waals surface area contributed by atoms with Crippen molar-refractivity contribution < 1.29 is 14.3 Å². The van der Waals surface area contributed by atoms with E-state index in [1.807, 2.05) is 32.0 Å². The first-order valence-corrected chi connectivity index (χ1v) is 6.23. The molecule has 1 aromatic carbocycles. The molecule has 0 fully saturated rings. The van der Waals surface area contributed by atoms with Crippen molar-refractivity contribution in [3.05, 3.63) is 18.2 Å². The van der Waals surface area contributed by atoms with Gasteiger partial charge in [0.25, 0.3) is 0 Å². The van der Waals surface area contributed by atoms with Crippen molar-refractivity contribution in [3.63, 3.8) is 0 Å². The monoisotopic (exact) mass is 266 g/mol. The van der Waals surface area contributed by atoms with Gasteiger partial charge in [-0.1, -0.05) is 0 Å². The van der Waals surface area contributed by atoms with Crippen LogP contribution in [0.2, 0.25) is 0 Å². The molecule has 1 amide bonds. The zero-order valence-corrected chi connectivity index (χ0v) is 12.1. The summed E-state index contributed by atoms with van der Waals surface area (Å²) in [6.07, 6.45) is 0.0982. The largest absolute Gasteiger partial charge is 0.494 e. The third kappa shape index (κ3) is 4.44. The van der Waals surface area contributed by atoms with Crippen LogP contribution < -0.4 is 15.4 Å². The highest BCUT2D eigenvalue weighted by Crippen LogP contribution is 2.28. The van der Waals surface area contributed by atoms with E-state index < -0.39 is 0 Å². The number of hydrogen-bond acceptors (Lipinski definition) is 4. The highest BCUT2D eigenvalue weighted by atomic mass is 16.5. The third-order valence-electron chi connectivity index (χ3n) is 2.98. The van der Waals surface area contributed by atoms with E-state index in [0.717, 1.165) is 5.69 Å².